The molecule has 10 amide bonds. The predicted molar refractivity (Wildman–Crippen MR) is 465 cm³/mol. The van der Waals surface area contributed by atoms with Gasteiger partial charge in [0.15, 0.2) is 28.9 Å². The lowest BCUT2D eigenvalue weighted by atomic mass is 10.1. The number of amides is 10. The van der Waals surface area contributed by atoms with E-state index in [4.69, 9.17) is 62.6 Å². The van der Waals surface area contributed by atoms with Crippen molar-refractivity contribution in [1.29, 1.82) is 0 Å². The molecule has 0 aliphatic heterocycles. The van der Waals surface area contributed by atoms with E-state index in [2.05, 4.69) is 47.9 Å². The minimum atomic E-state index is -0.929. The number of rotatable bonds is 63. The third kappa shape index (κ3) is 92.6. The molecule has 0 radical (unpaired) electrons. The van der Waals surface area contributed by atoms with Gasteiger partial charge in [-0.25, -0.2) is 0 Å². The zero-order valence-corrected chi connectivity index (χ0v) is 78.4. The minimum Gasteiger partial charge on any atom is -0.378 e. The molecule has 0 aromatic heterocycles. The topological polar surface area (TPSA) is 518 Å². The minimum absolute atomic E-state index is 0.00179. The maximum Gasteiger partial charge on any atom is 0.253 e. The first-order valence-corrected chi connectivity index (χ1v) is 42.3. The molecule has 0 aliphatic carbocycles. The van der Waals surface area contributed by atoms with Crippen molar-refractivity contribution in [2.75, 3.05) is 112 Å². The Bertz CT molecular complexity index is 3120. The molecule has 1 aromatic carbocycles. The first kappa shape index (κ1) is 124. The number of ether oxygens (including phenoxy) is 12. The summed E-state index contributed by atoms with van der Waals surface area (Å²) in [5.41, 5.74) is 6.05. The molecule has 11 N–H and O–H groups in total. The van der Waals surface area contributed by atoms with Gasteiger partial charge in [0.05, 0.1) is 138 Å². The van der Waals surface area contributed by atoms with Gasteiger partial charge >= 0.3 is 0 Å². The molecule has 716 valence electrons. The van der Waals surface area contributed by atoms with E-state index >= 15 is 0 Å². The first-order chi connectivity index (χ1) is 58.0. The second-order valence-electron chi connectivity index (χ2n) is 30.9. The van der Waals surface area contributed by atoms with Crippen molar-refractivity contribution in [3.8, 4) is 0 Å². The summed E-state index contributed by atoms with van der Waals surface area (Å²) in [6, 6.07) is 5.47. The van der Waals surface area contributed by atoms with Crippen LogP contribution < -0.4 is 53.6 Å². The molecule has 1 aromatic rings. The Morgan fingerprint density at radius 1 is 0.258 bits per heavy atom. The quantitative estimate of drug-likeness (QED) is 0.0382. The lowest BCUT2D eigenvalue weighted by molar-refractivity contribution is -0.133. The molecule has 1 unspecified atom stereocenters. The van der Waals surface area contributed by atoms with Gasteiger partial charge in [0.25, 0.3) is 11.8 Å². The van der Waals surface area contributed by atoms with Gasteiger partial charge in [0, 0.05) is 75.5 Å². The van der Waals surface area contributed by atoms with Crippen LogP contribution in [0.2, 0.25) is 0 Å². The summed E-state index contributed by atoms with van der Waals surface area (Å²) in [5.74, 6) is -4.19. The third-order valence-corrected chi connectivity index (χ3v) is 14.5. The summed E-state index contributed by atoms with van der Waals surface area (Å²) in [5, 5.41) is 22.8. The van der Waals surface area contributed by atoms with Crippen LogP contribution in [-0.4, -0.2) is 285 Å². The molecular weight excluding hydrogens is 1620 g/mol. The van der Waals surface area contributed by atoms with E-state index in [1.165, 1.54) is 0 Å². The smallest absolute Gasteiger partial charge is 0.253 e. The van der Waals surface area contributed by atoms with E-state index < -0.39 is 17.9 Å². The highest BCUT2D eigenvalue weighted by Gasteiger charge is 2.24. The molecule has 0 aliphatic rings. The number of nitrogens with one attached hydrogen (secondary N) is 9. The summed E-state index contributed by atoms with van der Waals surface area (Å²) in [6.07, 6.45) is 1.66. The lowest BCUT2D eigenvalue weighted by Crippen LogP contribution is -2.45. The second kappa shape index (κ2) is 79.1. The van der Waals surface area contributed by atoms with Crippen LogP contribution in [0.5, 0.6) is 0 Å². The second-order valence-corrected chi connectivity index (χ2v) is 30.9. The van der Waals surface area contributed by atoms with E-state index in [9.17, 15) is 76.7 Å². The number of hydrogen-bond acceptors (Lipinski definition) is 28. The highest BCUT2D eigenvalue weighted by atomic mass is 16.5. The molecular formula is C86H154N10O28. The molecule has 1 atom stereocenters. The lowest BCUT2D eigenvalue weighted by Gasteiger charge is -2.17. The number of hydrogen-bond donors (Lipinski definition) is 10. The number of ketones is 6. The normalized spacial score (nSPS) is 11.1. The van der Waals surface area contributed by atoms with Crippen LogP contribution in [0.1, 0.15) is 251 Å². The Kier molecular flexibility index (Phi) is 79.1. The predicted octanol–water partition coefficient (Wildman–Crippen LogP) is 5.03. The van der Waals surface area contributed by atoms with Crippen LogP contribution >= 0.6 is 0 Å². The van der Waals surface area contributed by atoms with Crippen molar-refractivity contribution in [3.05, 3.63) is 35.4 Å². The van der Waals surface area contributed by atoms with Crippen LogP contribution in [-0.2, 0) is 124 Å². The average Bonchev–Trinajstić information content (AvgIpc) is 0.870. The fraction of sp³-hybridized carbons (Fsp3) is 0.744. The molecule has 124 heavy (non-hydrogen) atoms. The van der Waals surface area contributed by atoms with Gasteiger partial charge in [-0.1, -0.05) is 0 Å². The zero-order valence-electron chi connectivity index (χ0n) is 78.4. The van der Waals surface area contributed by atoms with Crippen molar-refractivity contribution in [2.45, 2.75) is 310 Å². The molecule has 0 fully saturated rings. The monoisotopic (exact) mass is 1780 g/mol. The van der Waals surface area contributed by atoms with Gasteiger partial charge in [0.1, 0.15) is 59.0 Å². The fourth-order valence-electron chi connectivity index (χ4n) is 8.00. The molecule has 0 heterocycles. The van der Waals surface area contributed by atoms with Gasteiger partial charge in [-0.05, 0) is 190 Å². The first-order valence-electron chi connectivity index (χ1n) is 42.3. The summed E-state index contributed by atoms with van der Waals surface area (Å²) in [7, 11) is 0. The Labute approximate surface area is 735 Å². The van der Waals surface area contributed by atoms with Gasteiger partial charge in [0.2, 0.25) is 47.3 Å². The van der Waals surface area contributed by atoms with Crippen molar-refractivity contribution in [1.82, 2.24) is 47.9 Å². The molecule has 0 saturated carbocycles. The van der Waals surface area contributed by atoms with Gasteiger partial charge in [-0.3, -0.25) is 76.7 Å². The number of Topliss-reactive ketones (excluding diaryl/α,β-unsaturated/α-hetero) is 6. The van der Waals surface area contributed by atoms with Crippen molar-refractivity contribution in [3.63, 3.8) is 0 Å². The summed E-state index contributed by atoms with van der Waals surface area (Å²) < 4.78 is 62.3. The molecule has 38 nitrogen and oxygen atoms in total. The Morgan fingerprint density at radius 2 is 0.508 bits per heavy atom. The highest BCUT2D eigenvalue weighted by Crippen LogP contribution is 2.07. The molecule has 0 bridgehead atoms. The molecule has 0 spiro atoms. The highest BCUT2D eigenvalue weighted by molar-refractivity contribution is 5.98. The number of carbonyl (C=O) groups is 16. The van der Waals surface area contributed by atoms with Crippen molar-refractivity contribution in [2.24, 2.45) is 5.73 Å². The van der Waals surface area contributed by atoms with E-state index in [1.807, 2.05) is 138 Å². The fourth-order valence-corrected chi connectivity index (χ4v) is 8.00. The largest absolute Gasteiger partial charge is 0.378 e. The van der Waals surface area contributed by atoms with E-state index in [-0.39, 0.29) is 286 Å². The number of carbonyl (C=O) groups excluding carboxylic acids is 16. The van der Waals surface area contributed by atoms with Crippen molar-refractivity contribution >= 4 is 93.8 Å². The Hall–Kier alpha value is -8.54. The van der Waals surface area contributed by atoms with Crippen LogP contribution in [0, 0.1) is 0 Å². The van der Waals surface area contributed by atoms with Crippen LogP contribution in [0.4, 0.5) is 0 Å². The maximum atomic E-state index is 12.0. The van der Waals surface area contributed by atoms with Crippen LogP contribution in [0.3, 0.4) is 0 Å². The molecule has 0 saturated heterocycles. The average molecular weight is 1780 g/mol. The maximum absolute atomic E-state index is 12.0. The van der Waals surface area contributed by atoms with Gasteiger partial charge in [-0.15, -0.1) is 0 Å². The summed E-state index contributed by atoms with van der Waals surface area (Å²) >= 11 is 0. The Morgan fingerprint density at radius 3 is 0.806 bits per heavy atom. The third-order valence-electron chi connectivity index (χ3n) is 14.5. The van der Waals surface area contributed by atoms with Crippen molar-refractivity contribution < 1.29 is 134 Å². The standard InChI is InChI=1S/C17H30N2O6.C16H24N2O4.2C14H26N2O5.C13H25NO4.C12H23NO4/c1-12(2)24-8-7-15(21)10-18-16(22)6-5-14(20)9-19-17(23)11-25-13(3)4;1-11(2)21-9-17-15(19)13-5-7-14(8-6-13)16(20)18-10-22-12(3)4;1-10(2)20-8-14(19)15-7-12(17)5-6-13(18)16-9-21-11(3)4;1-9(2)20-6-5-12(17)11(7-13(15)18)16-14(19)8-21-10(3)4;1-10(2)17-8-6-12(15)5-7-14-13(16)9-18-11(3)4;1-9(2)16-6-5-11(14)7-13-12(15)8-17-10(3)4/h12-13H,5-11H2,1-4H3,(H,18,22)(H,19,23);5-8,11-12H,9-10H2,1-4H3,(H,17,19)(H,18,20);10-11H,5-9H2,1-4H3,(H,15,19)(H,16,18);9-11H,5-8H2,1-4H3,(H2,15,18)(H,16,19);10-11H,5-9H2,1-4H3,(H,14,16);9-10H,5-8H2,1-4H3,(H,13,15). The van der Waals surface area contributed by atoms with E-state index in [0.717, 1.165) is 0 Å². The van der Waals surface area contributed by atoms with E-state index in [0.29, 0.717) is 56.8 Å². The molecule has 38 heteroatoms. The summed E-state index contributed by atoms with van der Waals surface area (Å²) in [4.78, 5) is 184. The van der Waals surface area contributed by atoms with Crippen LogP contribution in [0.25, 0.3) is 0 Å². The summed E-state index contributed by atoms with van der Waals surface area (Å²) in [6.45, 7) is 46.4. The van der Waals surface area contributed by atoms with Crippen LogP contribution in [0.15, 0.2) is 24.3 Å². The number of primary amides is 1. The SMILES string of the molecule is CC(C)OCCC(=O)C(CC(N)=O)NC(=O)COC(C)C.CC(C)OCCC(=O)CCNC(=O)COC(C)C.CC(C)OCCC(=O)CNC(=O)CCC(=O)CNC(=O)COC(C)C.CC(C)OCCC(=O)CNC(=O)COC(C)C.CC(C)OCNC(=O)CCC(=O)CNC(=O)COC(C)C.CC(C)OCNC(=O)c1ccc(C(=O)NCOC(C)C)cc1. The number of benzene rings is 1. The molecule has 1 rings (SSSR count). The zero-order chi connectivity index (χ0) is 95.7. The Balaban J connectivity index is -0.000000459. The van der Waals surface area contributed by atoms with Gasteiger partial charge in [-0.2, -0.15) is 0 Å². The number of nitrogens with two attached hydrogens (primary N) is 1. The van der Waals surface area contributed by atoms with E-state index in [1.54, 1.807) is 52.0 Å². The van der Waals surface area contributed by atoms with Gasteiger partial charge < -0.3 is 110 Å².